The minimum atomic E-state index is -0.605. The van der Waals surface area contributed by atoms with Gasteiger partial charge in [-0.1, -0.05) is 134 Å². The zero-order valence-electron chi connectivity index (χ0n) is 26.2. The molecule has 4 aromatic carbocycles. The van der Waals surface area contributed by atoms with Crippen molar-refractivity contribution < 1.29 is 21.1 Å². The van der Waals surface area contributed by atoms with E-state index >= 15 is 0 Å². The van der Waals surface area contributed by atoms with Crippen LogP contribution >= 0.6 is 0 Å². The fraction of sp³-hybridized carbons (Fsp3) is 0.0976. The molecule has 47 heavy (non-hydrogen) atoms. The first-order valence-corrected chi connectivity index (χ1v) is 15.6. The zero-order valence-corrected chi connectivity index (χ0v) is 28.5. The second kappa shape index (κ2) is 14.1. The van der Waals surface area contributed by atoms with E-state index in [0.29, 0.717) is 0 Å². The minimum Gasteiger partial charge on any atom is -0.658 e. The van der Waals surface area contributed by atoms with Gasteiger partial charge >= 0.3 is 21.1 Å². The third-order valence-electron chi connectivity index (χ3n) is 8.54. The third-order valence-corrected chi connectivity index (χ3v) is 8.54. The fourth-order valence-electron chi connectivity index (χ4n) is 6.41. The van der Waals surface area contributed by atoms with Crippen molar-refractivity contribution in [3.05, 3.63) is 191 Å². The molecular formula is C41H33N5Pt. The first-order valence-electron chi connectivity index (χ1n) is 15.6. The summed E-state index contributed by atoms with van der Waals surface area (Å²) in [6.45, 7) is 4.18. The van der Waals surface area contributed by atoms with Crippen molar-refractivity contribution in [1.29, 1.82) is 0 Å². The van der Waals surface area contributed by atoms with Gasteiger partial charge < -0.3 is 15.5 Å². The van der Waals surface area contributed by atoms with Gasteiger partial charge in [0.1, 0.15) is 5.41 Å². The maximum atomic E-state index is 5.24. The van der Waals surface area contributed by atoms with Crippen LogP contribution in [0.5, 0.6) is 0 Å². The van der Waals surface area contributed by atoms with Crippen LogP contribution in [0.15, 0.2) is 152 Å². The predicted octanol–water partition coefficient (Wildman–Crippen LogP) is 9.75. The summed E-state index contributed by atoms with van der Waals surface area (Å²) >= 11 is 0. The van der Waals surface area contributed by atoms with Crippen LogP contribution in [0.4, 0.5) is 11.4 Å². The zero-order chi connectivity index (χ0) is 31.3. The summed E-state index contributed by atoms with van der Waals surface area (Å²) in [6, 6.07) is 49.5. The van der Waals surface area contributed by atoms with Crippen molar-refractivity contribution >= 4 is 11.4 Å². The summed E-state index contributed by atoms with van der Waals surface area (Å²) in [6.07, 6.45) is 2.72. The third kappa shape index (κ3) is 5.95. The predicted molar refractivity (Wildman–Crippen MR) is 186 cm³/mol. The Morgan fingerprint density at radius 3 is 1.72 bits per heavy atom. The Balaban J connectivity index is 0.000000232. The van der Waals surface area contributed by atoms with Crippen LogP contribution in [0, 0.1) is 6.92 Å². The molecule has 0 bridgehead atoms. The molecule has 8 rings (SSSR count). The summed E-state index contributed by atoms with van der Waals surface area (Å²) in [4.78, 5) is 10.1. The quantitative estimate of drug-likeness (QED) is 0.168. The molecule has 5 nitrogen and oxygen atoms in total. The molecule has 0 spiro atoms. The average molecular weight is 791 g/mol. The van der Waals surface area contributed by atoms with E-state index in [1.807, 2.05) is 79.0 Å². The first-order chi connectivity index (χ1) is 22.7. The number of para-hydroxylation sites is 2. The number of hydrogen-bond acceptors (Lipinski definition) is 3. The molecule has 0 radical (unpaired) electrons. The molecule has 0 amide bonds. The van der Waals surface area contributed by atoms with E-state index in [4.69, 9.17) is 9.97 Å². The smallest absolute Gasteiger partial charge is 0.658 e. The van der Waals surface area contributed by atoms with Gasteiger partial charge in [0.25, 0.3) is 0 Å². The van der Waals surface area contributed by atoms with E-state index in [1.165, 1.54) is 22.3 Å². The van der Waals surface area contributed by atoms with Crippen molar-refractivity contribution in [2.45, 2.75) is 25.7 Å². The van der Waals surface area contributed by atoms with E-state index in [0.717, 1.165) is 51.8 Å². The Hall–Kier alpha value is -5.12. The Morgan fingerprint density at radius 1 is 0.617 bits per heavy atom. The molecule has 6 heteroatoms. The van der Waals surface area contributed by atoms with E-state index in [1.54, 1.807) is 0 Å². The normalized spacial score (nSPS) is 12.1. The maximum absolute atomic E-state index is 5.24. The summed E-state index contributed by atoms with van der Waals surface area (Å²) in [5.74, 6) is 0. The molecule has 0 unspecified atom stereocenters. The second-order valence-electron chi connectivity index (χ2n) is 11.2. The number of fused-ring (bicyclic) bond motifs is 3. The summed E-state index contributed by atoms with van der Waals surface area (Å²) in [5, 5.41) is 13.3. The van der Waals surface area contributed by atoms with Crippen LogP contribution in [0.25, 0.3) is 27.8 Å². The standard InChI is InChI=1S/C29H23N4.C12H10N.Pt/c1-3-24-19(2)28(33-32-24)25-15-10-17-27(31-25)29(26-16-8-9-18-30-26)22-13-6-4-11-20(22)21-12-5-7-14-23(21)29;1-3-7-11(8-4-1)13-12-9-5-2-6-10-12;/h4-18H,3H2,1-2H3;1-10H;/q2*-1;+2. The monoisotopic (exact) mass is 790 g/mol. The molecule has 0 saturated heterocycles. The van der Waals surface area contributed by atoms with Gasteiger partial charge in [0.2, 0.25) is 0 Å². The van der Waals surface area contributed by atoms with Crippen molar-refractivity contribution in [2.75, 3.05) is 0 Å². The van der Waals surface area contributed by atoms with E-state index < -0.39 is 5.41 Å². The molecular weight excluding hydrogens is 758 g/mol. The van der Waals surface area contributed by atoms with Gasteiger partial charge in [-0.3, -0.25) is 9.97 Å². The van der Waals surface area contributed by atoms with Gasteiger partial charge in [-0.05, 0) is 65.4 Å². The number of nitrogens with zero attached hydrogens (tertiary/aromatic N) is 5. The summed E-state index contributed by atoms with van der Waals surface area (Å²) in [7, 11) is 0. The van der Waals surface area contributed by atoms with Gasteiger partial charge in [-0.15, -0.1) is 11.4 Å². The number of rotatable bonds is 6. The number of benzene rings is 4. The Kier molecular flexibility index (Phi) is 9.56. The Labute approximate surface area is 290 Å². The van der Waals surface area contributed by atoms with E-state index in [2.05, 4.69) is 102 Å². The molecule has 3 aromatic heterocycles. The fourth-order valence-corrected chi connectivity index (χ4v) is 6.41. The number of aryl methyl sites for hydroxylation is 1. The van der Waals surface area contributed by atoms with E-state index in [9.17, 15) is 0 Å². The van der Waals surface area contributed by atoms with Crippen molar-refractivity contribution in [3.63, 3.8) is 0 Å². The molecule has 0 fully saturated rings. The first kappa shape index (κ1) is 31.8. The molecule has 1 aliphatic rings. The molecule has 0 aliphatic heterocycles. The van der Waals surface area contributed by atoms with Crippen LogP contribution in [-0.2, 0) is 32.9 Å². The van der Waals surface area contributed by atoms with Crippen LogP contribution < -0.4 is 5.10 Å². The SMILES string of the molecule is CCc1n[n-]c(-c2cccc(C3(c4ccccn4)c4ccccc4-c4ccccc43)n2)c1C.[Pt+2].c1ccc([N-]c2ccccc2)cc1. The van der Waals surface area contributed by atoms with Crippen molar-refractivity contribution in [1.82, 2.24) is 20.2 Å². The number of pyridine rings is 2. The van der Waals surface area contributed by atoms with Crippen molar-refractivity contribution in [3.8, 4) is 22.5 Å². The largest absolute Gasteiger partial charge is 2.00 e. The van der Waals surface area contributed by atoms with Gasteiger partial charge in [0, 0.05) is 11.9 Å². The van der Waals surface area contributed by atoms with Gasteiger partial charge in [0.15, 0.2) is 0 Å². The minimum absolute atomic E-state index is 0. The summed E-state index contributed by atoms with van der Waals surface area (Å²) < 4.78 is 0. The molecule has 7 aromatic rings. The van der Waals surface area contributed by atoms with Crippen LogP contribution in [0.1, 0.15) is 40.7 Å². The molecule has 3 heterocycles. The van der Waals surface area contributed by atoms with Gasteiger partial charge in [-0.2, -0.15) is 0 Å². The Morgan fingerprint density at radius 2 is 1.17 bits per heavy atom. The molecule has 0 atom stereocenters. The van der Waals surface area contributed by atoms with Gasteiger partial charge in [0.05, 0.1) is 17.1 Å². The van der Waals surface area contributed by atoms with Gasteiger partial charge in [-0.25, -0.2) is 0 Å². The molecule has 0 N–H and O–H groups in total. The second-order valence-corrected chi connectivity index (χ2v) is 11.2. The average Bonchev–Trinajstić information content (AvgIpc) is 3.65. The Bertz CT molecular complexity index is 1990. The van der Waals surface area contributed by atoms with Crippen LogP contribution in [0.2, 0.25) is 0 Å². The summed E-state index contributed by atoms with van der Waals surface area (Å²) in [5.41, 5.74) is 12.0. The van der Waals surface area contributed by atoms with Crippen LogP contribution in [0.3, 0.4) is 0 Å². The van der Waals surface area contributed by atoms with Crippen molar-refractivity contribution in [2.24, 2.45) is 0 Å². The molecule has 0 saturated carbocycles. The number of aromatic nitrogens is 4. The molecule has 232 valence electrons. The van der Waals surface area contributed by atoms with Crippen LogP contribution in [-0.4, -0.2) is 15.1 Å². The topological polar surface area (TPSA) is 66.9 Å². The maximum Gasteiger partial charge on any atom is 2.00 e. The number of hydrogen-bond donors (Lipinski definition) is 0. The molecule has 1 aliphatic carbocycles. The van der Waals surface area contributed by atoms with E-state index in [-0.39, 0.29) is 21.1 Å².